The highest BCUT2D eigenvalue weighted by molar-refractivity contribution is 5.81. The number of halogens is 4. The van der Waals surface area contributed by atoms with Crippen LogP contribution in [0.2, 0.25) is 0 Å². The first-order chi connectivity index (χ1) is 9.36. The summed E-state index contributed by atoms with van der Waals surface area (Å²) in [6.45, 7) is 1.37. The SMILES string of the molecule is COCC(C)NC(=O)CNc1c(F)c(F)cc(F)c1F. The molecule has 1 unspecified atom stereocenters. The van der Waals surface area contributed by atoms with Crippen LogP contribution >= 0.6 is 0 Å². The molecule has 0 heterocycles. The molecule has 2 N–H and O–H groups in total. The van der Waals surface area contributed by atoms with Gasteiger partial charge in [0.2, 0.25) is 5.91 Å². The minimum absolute atomic E-state index is 0.0938. The number of rotatable bonds is 6. The van der Waals surface area contributed by atoms with Crippen LogP contribution in [-0.2, 0) is 9.53 Å². The van der Waals surface area contributed by atoms with Gasteiger partial charge in [-0.15, -0.1) is 0 Å². The first-order valence-corrected chi connectivity index (χ1v) is 5.72. The largest absolute Gasteiger partial charge is 0.383 e. The van der Waals surface area contributed by atoms with Crippen LogP contribution in [0, 0.1) is 23.3 Å². The second kappa shape index (κ2) is 7.09. The fourth-order valence-electron chi connectivity index (χ4n) is 1.51. The van der Waals surface area contributed by atoms with Crippen LogP contribution in [0.15, 0.2) is 6.07 Å². The van der Waals surface area contributed by atoms with Crippen LogP contribution in [0.1, 0.15) is 6.92 Å². The molecule has 112 valence electrons. The van der Waals surface area contributed by atoms with Crippen molar-refractivity contribution in [3.63, 3.8) is 0 Å². The molecule has 0 aromatic heterocycles. The van der Waals surface area contributed by atoms with Gasteiger partial charge >= 0.3 is 0 Å². The van der Waals surface area contributed by atoms with Gasteiger partial charge < -0.3 is 15.4 Å². The van der Waals surface area contributed by atoms with Gasteiger partial charge in [-0.2, -0.15) is 0 Å². The summed E-state index contributed by atoms with van der Waals surface area (Å²) in [6.07, 6.45) is 0. The molecular weight excluding hydrogens is 280 g/mol. The minimum atomic E-state index is -1.58. The molecule has 1 rings (SSSR count). The summed E-state index contributed by atoms with van der Waals surface area (Å²) in [4.78, 5) is 11.4. The molecular formula is C12H14F4N2O2. The van der Waals surface area contributed by atoms with Crippen molar-refractivity contribution in [2.75, 3.05) is 25.6 Å². The van der Waals surface area contributed by atoms with E-state index in [1.807, 2.05) is 5.32 Å². The van der Waals surface area contributed by atoms with Crippen molar-refractivity contribution in [2.24, 2.45) is 0 Å². The Morgan fingerprint density at radius 3 is 2.30 bits per heavy atom. The zero-order chi connectivity index (χ0) is 15.3. The Balaban J connectivity index is 2.69. The van der Waals surface area contributed by atoms with E-state index >= 15 is 0 Å². The smallest absolute Gasteiger partial charge is 0.239 e. The molecule has 0 aliphatic rings. The van der Waals surface area contributed by atoms with Crippen molar-refractivity contribution < 1.29 is 27.1 Å². The number of carbonyl (C=O) groups excluding carboxylic acids is 1. The van der Waals surface area contributed by atoms with Crippen molar-refractivity contribution in [1.29, 1.82) is 0 Å². The average Bonchev–Trinajstić information content (AvgIpc) is 2.36. The van der Waals surface area contributed by atoms with E-state index in [2.05, 4.69) is 5.32 Å². The summed E-state index contributed by atoms with van der Waals surface area (Å²) < 4.78 is 57.2. The number of hydrogen-bond donors (Lipinski definition) is 2. The van der Waals surface area contributed by atoms with Crippen molar-refractivity contribution in [3.05, 3.63) is 29.3 Å². The number of amides is 1. The van der Waals surface area contributed by atoms with E-state index in [9.17, 15) is 22.4 Å². The van der Waals surface area contributed by atoms with Crippen molar-refractivity contribution >= 4 is 11.6 Å². The normalized spacial score (nSPS) is 12.1. The maximum atomic E-state index is 13.3. The lowest BCUT2D eigenvalue weighted by molar-refractivity contribution is -0.120. The monoisotopic (exact) mass is 294 g/mol. The van der Waals surface area contributed by atoms with E-state index in [1.165, 1.54) is 7.11 Å². The second-order valence-corrected chi connectivity index (χ2v) is 4.12. The van der Waals surface area contributed by atoms with Crippen molar-refractivity contribution in [2.45, 2.75) is 13.0 Å². The third-order valence-electron chi connectivity index (χ3n) is 2.36. The Morgan fingerprint density at radius 2 is 1.80 bits per heavy atom. The predicted octanol–water partition coefficient (Wildman–Crippen LogP) is 1.81. The summed E-state index contributed by atoms with van der Waals surface area (Å²) in [5.74, 6) is -6.85. The number of nitrogens with one attached hydrogen (secondary N) is 2. The standard InChI is InChI=1S/C12H14F4N2O2/c1-6(5-20-2)18-9(19)4-17-12-10(15)7(13)3-8(14)11(12)16/h3,6,17H,4-5H2,1-2H3,(H,18,19). The molecule has 0 bridgehead atoms. The van der Waals surface area contributed by atoms with Crippen LogP contribution in [0.3, 0.4) is 0 Å². The Labute approximate surface area is 113 Å². The van der Waals surface area contributed by atoms with Gasteiger partial charge in [0.25, 0.3) is 0 Å². The van der Waals surface area contributed by atoms with Crippen LogP contribution in [0.4, 0.5) is 23.2 Å². The molecule has 1 aromatic carbocycles. The van der Waals surface area contributed by atoms with E-state index in [4.69, 9.17) is 4.74 Å². The van der Waals surface area contributed by atoms with Crippen molar-refractivity contribution in [1.82, 2.24) is 5.32 Å². The summed E-state index contributed by atoms with van der Waals surface area (Å²) in [5, 5.41) is 4.49. The first-order valence-electron chi connectivity index (χ1n) is 5.72. The van der Waals surface area contributed by atoms with E-state index in [0.717, 1.165) is 0 Å². The number of ether oxygens (including phenoxy) is 1. The molecule has 0 saturated carbocycles. The number of hydrogen-bond acceptors (Lipinski definition) is 3. The quantitative estimate of drug-likeness (QED) is 0.621. The van der Waals surface area contributed by atoms with Crippen LogP contribution in [0.25, 0.3) is 0 Å². The molecule has 1 atom stereocenters. The van der Waals surface area contributed by atoms with Crippen LogP contribution in [0.5, 0.6) is 0 Å². The molecule has 20 heavy (non-hydrogen) atoms. The van der Waals surface area contributed by atoms with Gasteiger partial charge in [-0.1, -0.05) is 0 Å². The first kappa shape index (κ1) is 16.2. The van der Waals surface area contributed by atoms with Gasteiger partial charge in [0.05, 0.1) is 13.2 Å². The van der Waals surface area contributed by atoms with E-state index in [-0.39, 0.29) is 18.7 Å². The number of methoxy groups -OCH3 is 1. The van der Waals surface area contributed by atoms with E-state index in [1.54, 1.807) is 6.92 Å². The topological polar surface area (TPSA) is 50.4 Å². The number of carbonyl (C=O) groups is 1. The van der Waals surface area contributed by atoms with Gasteiger partial charge in [-0.05, 0) is 6.92 Å². The minimum Gasteiger partial charge on any atom is -0.383 e. The number of anilines is 1. The number of benzene rings is 1. The second-order valence-electron chi connectivity index (χ2n) is 4.12. The predicted molar refractivity (Wildman–Crippen MR) is 64.2 cm³/mol. The van der Waals surface area contributed by atoms with E-state index in [0.29, 0.717) is 0 Å². The lowest BCUT2D eigenvalue weighted by Gasteiger charge is -2.14. The fraction of sp³-hybridized carbons (Fsp3) is 0.417. The summed E-state index contributed by atoms with van der Waals surface area (Å²) in [7, 11) is 1.45. The maximum Gasteiger partial charge on any atom is 0.239 e. The fourth-order valence-corrected chi connectivity index (χ4v) is 1.51. The Kier molecular flexibility index (Phi) is 5.75. The molecule has 8 heteroatoms. The van der Waals surface area contributed by atoms with Crippen molar-refractivity contribution in [3.8, 4) is 0 Å². The Hall–Kier alpha value is -1.83. The Bertz CT molecular complexity index is 471. The molecule has 0 radical (unpaired) electrons. The van der Waals surface area contributed by atoms with Gasteiger partial charge in [0, 0.05) is 19.2 Å². The highest BCUT2D eigenvalue weighted by Crippen LogP contribution is 2.23. The molecule has 1 aromatic rings. The Morgan fingerprint density at radius 1 is 1.25 bits per heavy atom. The molecule has 4 nitrogen and oxygen atoms in total. The van der Waals surface area contributed by atoms with Gasteiger partial charge in [-0.3, -0.25) is 4.79 Å². The summed E-state index contributed by atoms with van der Waals surface area (Å²) >= 11 is 0. The lowest BCUT2D eigenvalue weighted by Crippen LogP contribution is -2.39. The molecule has 0 fully saturated rings. The molecule has 0 aliphatic heterocycles. The highest BCUT2D eigenvalue weighted by atomic mass is 19.2. The zero-order valence-corrected chi connectivity index (χ0v) is 10.9. The average molecular weight is 294 g/mol. The van der Waals surface area contributed by atoms with E-state index < -0.39 is 41.4 Å². The third-order valence-corrected chi connectivity index (χ3v) is 2.36. The van der Waals surface area contributed by atoms with Gasteiger partial charge in [0.15, 0.2) is 23.3 Å². The lowest BCUT2D eigenvalue weighted by atomic mass is 10.2. The maximum absolute atomic E-state index is 13.3. The summed E-state index contributed by atoms with van der Waals surface area (Å²) in [5.41, 5.74) is -1.02. The molecule has 0 saturated heterocycles. The molecule has 0 spiro atoms. The molecule has 1 amide bonds. The molecule has 0 aliphatic carbocycles. The highest BCUT2D eigenvalue weighted by Gasteiger charge is 2.19. The van der Waals surface area contributed by atoms with Gasteiger partial charge in [0.1, 0.15) is 5.69 Å². The third kappa shape index (κ3) is 4.09. The van der Waals surface area contributed by atoms with Gasteiger partial charge in [-0.25, -0.2) is 17.6 Å². The van der Waals surface area contributed by atoms with Crippen LogP contribution < -0.4 is 10.6 Å². The van der Waals surface area contributed by atoms with Crippen LogP contribution in [-0.4, -0.2) is 32.2 Å². The zero-order valence-electron chi connectivity index (χ0n) is 10.9. The summed E-state index contributed by atoms with van der Waals surface area (Å²) in [6, 6.07) is -0.218.